The highest BCUT2D eigenvalue weighted by Crippen LogP contribution is 2.41. The van der Waals surface area contributed by atoms with E-state index in [4.69, 9.17) is 9.26 Å². The van der Waals surface area contributed by atoms with Crippen molar-refractivity contribution in [1.82, 2.24) is 10.1 Å². The number of para-hydroxylation sites is 1. The molecular formula is C19H19N3O3S. The largest absolute Gasteiger partial charge is 0.488 e. The van der Waals surface area contributed by atoms with Crippen molar-refractivity contribution in [3.63, 3.8) is 0 Å². The van der Waals surface area contributed by atoms with Gasteiger partial charge >= 0.3 is 0 Å². The van der Waals surface area contributed by atoms with E-state index in [1.54, 1.807) is 12.1 Å². The number of benzene rings is 1. The summed E-state index contributed by atoms with van der Waals surface area (Å²) in [7, 11) is 0. The second kappa shape index (κ2) is 6.92. The number of nitrogens with zero attached hydrogens (tertiary/aromatic N) is 2. The first-order valence-corrected chi connectivity index (χ1v) is 9.40. The molecule has 4 rings (SSSR count). The molecule has 0 aliphatic heterocycles. The Morgan fingerprint density at radius 2 is 2.15 bits per heavy atom. The zero-order chi connectivity index (χ0) is 18.1. The average Bonchev–Trinajstić information content (AvgIpc) is 3.31. The van der Waals surface area contributed by atoms with E-state index in [2.05, 4.69) is 15.5 Å². The fraction of sp³-hybridized carbons (Fsp3) is 0.316. The summed E-state index contributed by atoms with van der Waals surface area (Å²) >= 11 is 1.46. The summed E-state index contributed by atoms with van der Waals surface area (Å²) in [6, 6.07) is 7.18. The van der Waals surface area contributed by atoms with Gasteiger partial charge in [0.05, 0.1) is 22.5 Å². The summed E-state index contributed by atoms with van der Waals surface area (Å²) in [6.45, 7) is 4.01. The molecule has 1 aliphatic carbocycles. The maximum absolute atomic E-state index is 12.7. The highest BCUT2D eigenvalue weighted by Gasteiger charge is 2.26. The Kier molecular flexibility index (Phi) is 4.46. The van der Waals surface area contributed by atoms with Crippen LogP contribution in [0.15, 0.2) is 34.2 Å². The van der Waals surface area contributed by atoms with Crippen molar-refractivity contribution >= 4 is 22.4 Å². The predicted molar refractivity (Wildman–Crippen MR) is 98.8 cm³/mol. The van der Waals surface area contributed by atoms with Crippen LogP contribution in [0.25, 0.3) is 0 Å². The second-order valence-electron chi connectivity index (χ2n) is 6.39. The third-order valence-corrected chi connectivity index (χ3v) is 5.20. The summed E-state index contributed by atoms with van der Waals surface area (Å²) in [4.78, 5) is 17.2. The summed E-state index contributed by atoms with van der Waals surface area (Å²) in [5.74, 6) is 1.59. The minimum absolute atomic E-state index is 0.226. The number of thiazole rings is 1. The smallest absolute Gasteiger partial charge is 0.261 e. The Morgan fingerprint density at radius 3 is 2.88 bits per heavy atom. The molecule has 134 valence electrons. The summed E-state index contributed by atoms with van der Waals surface area (Å²) in [5, 5.41) is 9.44. The van der Waals surface area contributed by atoms with E-state index in [0.29, 0.717) is 29.0 Å². The van der Waals surface area contributed by atoms with E-state index in [0.717, 1.165) is 22.7 Å². The maximum Gasteiger partial charge on any atom is 0.261 e. The molecule has 2 heterocycles. The van der Waals surface area contributed by atoms with Crippen molar-refractivity contribution < 1.29 is 14.1 Å². The summed E-state index contributed by atoms with van der Waals surface area (Å²) in [5.41, 5.74) is 3.24. The third kappa shape index (κ3) is 3.48. The van der Waals surface area contributed by atoms with Gasteiger partial charge in [-0.05, 0) is 38.8 Å². The van der Waals surface area contributed by atoms with Gasteiger partial charge in [-0.25, -0.2) is 4.98 Å². The van der Waals surface area contributed by atoms with E-state index in [1.165, 1.54) is 24.2 Å². The van der Waals surface area contributed by atoms with Gasteiger partial charge in [0.1, 0.15) is 18.1 Å². The molecule has 0 saturated heterocycles. The first-order chi connectivity index (χ1) is 12.6. The molecular weight excluding hydrogens is 350 g/mol. The molecule has 1 aromatic carbocycles. The predicted octanol–water partition coefficient (Wildman–Crippen LogP) is 4.46. The summed E-state index contributed by atoms with van der Waals surface area (Å²) in [6.07, 6.45) is 2.38. The van der Waals surface area contributed by atoms with Gasteiger partial charge in [0, 0.05) is 11.3 Å². The molecule has 0 radical (unpaired) electrons. The Balaban J connectivity index is 1.48. The van der Waals surface area contributed by atoms with Crippen LogP contribution < -0.4 is 10.1 Å². The van der Waals surface area contributed by atoms with Crippen molar-refractivity contribution in [3.8, 4) is 5.75 Å². The number of aryl methyl sites for hydroxylation is 2. The minimum atomic E-state index is -0.226. The number of rotatable bonds is 6. The molecule has 1 saturated carbocycles. The second-order valence-corrected chi connectivity index (χ2v) is 7.25. The van der Waals surface area contributed by atoms with Crippen LogP contribution in [-0.4, -0.2) is 16.0 Å². The lowest BCUT2D eigenvalue weighted by Gasteiger charge is -2.10. The average molecular weight is 369 g/mol. The third-order valence-electron chi connectivity index (χ3n) is 4.42. The lowest BCUT2D eigenvalue weighted by atomic mass is 10.2. The molecule has 0 atom stereocenters. The van der Waals surface area contributed by atoms with Gasteiger partial charge in [-0.3, -0.25) is 10.1 Å². The Morgan fingerprint density at radius 1 is 1.35 bits per heavy atom. The van der Waals surface area contributed by atoms with Crippen molar-refractivity contribution in [1.29, 1.82) is 0 Å². The first-order valence-electron chi connectivity index (χ1n) is 8.52. The first kappa shape index (κ1) is 16.8. The monoisotopic (exact) mass is 369 g/mol. The minimum Gasteiger partial charge on any atom is -0.488 e. The van der Waals surface area contributed by atoms with Crippen LogP contribution in [0.3, 0.4) is 0 Å². The van der Waals surface area contributed by atoms with Gasteiger partial charge in [-0.15, -0.1) is 11.3 Å². The van der Waals surface area contributed by atoms with E-state index < -0.39 is 0 Å². The van der Waals surface area contributed by atoms with Crippen LogP contribution in [0.4, 0.5) is 5.13 Å². The molecule has 1 fully saturated rings. The number of aromatic nitrogens is 2. The van der Waals surface area contributed by atoms with Gasteiger partial charge in [0.2, 0.25) is 0 Å². The number of hydrogen-bond donors (Lipinski definition) is 1. The Labute approximate surface area is 155 Å². The molecule has 1 amide bonds. The lowest BCUT2D eigenvalue weighted by Crippen LogP contribution is -2.13. The number of anilines is 1. The van der Waals surface area contributed by atoms with E-state index in [-0.39, 0.29) is 5.91 Å². The molecule has 7 heteroatoms. The SMILES string of the molecule is Cc1noc(C)c1COc1ccccc1C(=O)Nc1nc(C2CC2)cs1. The van der Waals surface area contributed by atoms with E-state index in [9.17, 15) is 4.79 Å². The quantitative estimate of drug-likeness (QED) is 0.694. The van der Waals surface area contributed by atoms with E-state index in [1.807, 2.05) is 31.4 Å². The van der Waals surface area contributed by atoms with Crippen LogP contribution >= 0.6 is 11.3 Å². The molecule has 1 aliphatic rings. The Hall–Kier alpha value is -2.67. The van der Waals surface area contributed by atoms with E-state index >= 15 is 0 Å². The molecule has 1 N–H and O–H groups in total. The molecule has 3 aromatic rings. The molecule has 6 nitrogen and oxygen atoms in total. The van der Waals surface area contributed by atoms with Crippen LogP contribution in [-0.2, 0) is 6.61 Å². The molecule has 0 bridgehead atoms. The number of hydrogen-bond acceptors (Lipinski definition) is 6. The number of nitrogens with one attached hydrogen (secondary N) is 1. The molecule has 0 spiro atoms. The molecule has 0 unspecified atom stereocenters. The zero-order valence-corrected chi connectivity index (χ0v) is 15.4. The van der Waals surface area contributed by atoms with Crippen molar-refractivity contribution in [3.05, 3.63) is 57.9 Å². The zero-order valence-electron chi connectivity index (χ0n) is 14.6. The topological polar surface area (TPSA) is 77.2 Å². The van der Waals surface area contributed by atoms with Crippen LogP contribution in [0, 0.1) is 13.8 Å². The van der Waals surface area contributed by atoms with Crippen molar-refractivity contribution in [2.45, 2.75) is 39.2 Å². The fourth-order valence-corrected chi connectivity index (χ4v) is 3.50. The van der Waals surface area contributed by atoms with Gasteiger partial charge in [0.25, 0.3) is 5.91 Å². The molecule has 26 heavy (non-hydrogen) atoms. The van der Waals surface area contributed by atoms with Gasteiger partial charge in [0.15, 0.2) is 5.13 Å². The van der Waals surface area contributed by atoms with Crippen LogP contribution in [0.2, 0.25) is 0 Å². The normalized spacial score (nSPS) is 13.6. The van der Waals surface area contributed by atoms with Gasteiger partial charge in [-0.1, -0.05) is 17.3 Å². The number of carbonyl (C=O) groups is 1. The standard InChI is InChI=1S/C19H19N3O3S/c1-11-15(12(2)25-22-11)9-24-17-6-4-3-5-14(17)18(23)21-19-20-16(10-26-19)13-7-8-13/h3-6,10,13H,7-9H2,1-2H3,(H,20,21,23). The Bertz CT molecular complexity index is 924. The maximum atomic E-state index is 12.7. The molecule has 2 aromatic heterocycles. The van der Waals surface area contributed by atoms with Crippen LogP contribution in [0.1, 0.15) is 51.8 Å². The van der Waals surface area contributed by atoms with Gasteiger partial charge < -0.3 is 9.26 Å². The van der Waals surface area contributed by atoms with Crippen molar-refractivity contribution in [2.24, 2.45) is 0 Å². The van der Waals surface area contributed by atoms with Crippen LogP contribution in [0.5, 0.6) is 5.75 Å². The lowest BCUT2D eigenvalue weighted by molar-refractivity contribution is 0.102. The fourth-order valence-electron chi connectivity index (χ4n) is 2.71. The summed E-state index contributed by atoms with van der Waals surface area (Å²) < 4.78 is 11.0. The number of ether oxygens (including phenoxy) is 1. The van der Waals surface area contributed by atoms with Gasteiger partial charge in [-0.2, -0.15) is 0 Å². The van der Waals surface area contributed by atoms with Crippen molar-refractivity contribution in [2.75, 3.05) is 5.32 Å². The highest BCUT2D eigenvalue weighted by molar-refractivity contribution is 7.14. The highest BCUT2D eigenvalue weighted by atomic mass is 32.1. The number of amides is 1. The number of carbonyl (C=O) groups excluding carboxylic acids is 1.